The Hall–Kier alpha value is -0.215. The van der Waals surface area contributed by atoms with Crippen molar-refractivity contribution in [1.82, 2.24) is 0 Å². The minimum Gasteiger partial charge on any atom is -0.423 e. The summed E-state index contributed by atoms with van der Waals surface area (Å²) in [6, 6.07) is 3.21. The first-order valence-corrected chi connectivity index (χ1v) is 5.80. The summed E-state index contributed by atoms with van der Waals surface area (Å²) >= 11 is 11.9. The van der Waals surface area contributed by atoms with Crippen molar-refractivity contribution in [3.8, 4) is 0 Å². The molecular weight excluding hydrogens is 246 g/mol. The Bertz CT molecular complexity index is 386. The van der Waals surface area contributed by atoms with Crippen LogP contribution in [-0.2, 0) is 6.42 Å². The molecule has 0 fully saturated rings. The SMILES string of the molecule is CC(C)(C)Cc1cc(B(O)O)c(Cl)cc1Cl. The zero-order chi connectivity index (χ0) is 12.5. The van der Waals surface area contributed by atoms with E-state index in [4.69, 9.17) is 33.2 Å². The summed E-state index contributed by atoms with van der Waals surface area (Å²) in [6.07, 6.45) is 0.753. The fourth-order valence-corrected chi connectivity index (χ4v) is 2.07. The van der Waals surface area contributed by atoms with Gasteiger partial charge in [-0.15, -0.1) is 0 Å². The van der Waals surface area contributed by atoms with Crippen LogP contribution < -0.4 is 5.46 Å². The predicted octanol–water partition coefficient (Wildman–Crippen LogP) is 2.26. The first kappa shape index (κ1) is 13.8. The maximum Gasteiger partial charge on any atom is 0.489 e. The third-order valence-electron chi connectivity index (χ3n) is 2.16. The quantitative estimate of drug-likeness (QED) is 0.801. The van der Waals surface area contributed by atoms with E-state index >= 15 is 0 Å². The number of benzene rings is 1. The first-order valence-electron chi connectivity index (χ1n) is 5.04. The maximum atomic E-state index is 9.15. The second kappa shape index (κ2) is 4.97. The Kier molecular flexibility index (Phi) is 4.30. The van der Waals surface area contributed by atoms with Crippen molar-refractivity contribution in [3.63, 3.8) is 0 Å². The number of halogens is 2. The molecule has 16 heavy (non-hydrogen) atoms. The lowest BCUT2D eigenvalue weighted by Crippen LogP contribution is -2.31. The number of rotatable bonds is 2. The summed E-state index contributed by atoms with van der Waals surface area (Å²) in [6.45, 7) is 6.27. The monoisotopic (exact) mass is 260 g/mol. The van der Waals surface area contributed by atoms with Gasteiger partial charge in [0.1, 0.15) is 0 Å². The van der Waals surface area contributed by atoms with E-state index in [0.29, 0.717) is 10.5 Å². The smallest absolute Gasteiger partial charge is 0.423 e. The summed E-state index contributed by atoms with van der Waals surface area (Å²) < 4.78 is 0. The molecule has 0 atom stereocenters. The van der Waals surface area contributed by atoms with Crippen LogP contribution in [0.1, 0.15) is 26.3 Å². The highest BCUT2D eigenvalue weighted by Gasteiger charge is 2.20. The Morgan fingerprint density at radius 2 is 1.69 bits per heavy atom. The minimum atomic E-state index is -1.57. The van der Waals surface area contributed by atoms with Crippen LogP contribution >= 0.6 is 23.2 Å². The van der Waals surface area contributed by atoms with Gasteiger partial charge >= 0.3 is 7.12 Å². The van der Waals surface area contributed by atoms with Gasteiger partial charge in [-0.1, -0.05) is 50.0 Å². The lowest BCUT2D eigenvalue weighted by molar-refractivity contribution is 0.410. The molecule has 2 N–H and O–H groups in total. The molecule has 0 bridgehead atoms. The average Bonchev–Trinajstić information content (AvgIpc) is 2.07. The highest BCUT2D eigenvalue weighted by atomic mass is 35.5. The molecule has 0 amide bonds. The summed E-state index contributed by atoms with van der Waals surface area (Å²) in [5.41, 5.74) is 1.25. The molecule has 88 valence electrons. The Morgan fingerprint density at radius 3 is 2.12 bits per heavy atom. The molecule has 2 nitrogen and oxygen atoms in total. The van der Waals surface area contributed by atoms with E-state index in [1.165, 1.54) is 0 Å². The van der Waals surface area contributed by atoms with Crippen molar-refractivity contribution < 1.29 is 10.0 Å². The van der Waals surface area contributed by atoms with Crippen LogP contribution in [0.3, 0.4) is 0 Å². The zero-order valence-electron chi connectivity index (χ0n) is 9.59. The maximum absolute atomic E-state index is 9.15. The van der Waals surface area contributed by atoms with Crippen LogP contribution in [0.25, 0.3) is 0 Å². The van der Waals surface area contributed by atoms with Gasteiger partial charge in [-0.05, 0) is 23.5 Å². The molecule has 0 aliphatic heterocycles. The molecule has 0 aliphatic carbocycles. The van der Waals surface area contributed by atoms with E-state index in [-0.39, 0.29) is 10.4 Å². The summed E-state index contributed by atoms with van der Waals surface area (Å²) in [7, 11) is -1.57. The van der Waals surface area contributed by atoms with Crippen LogP contribution in [0.4, 0.5) is 0 Å². The van der Waals surface area contributed by atoms with Gasteiger partial charge in [0.05, 0.1) is 0 Å². The predicted molar refractivity (Wildman–Crippen MR) is 69.4 cm³/mol. The molecule has 0 heterocycles. The molecule has 0 aliphatic rings. The Morgan fingerprint density at radius 1 is 1.12 bits per heavy atom. The van der Waals surface area contributed by atoms with Gasteiger partial charge in [-0.2, -0.15) is 0 Å². The third kappa shape index (κ3) is 3.67. The number of hydrogen-bond acceptors (Lipinski definition) is 2. The van der Waals surface area contributed by atoms with Crippen molar-refractivity contribution in [1.29, 1.82) is 0 Å². The molecule has 1 rings (SSSR count). The number of hydrogen-bond donors (Lipinski definition) is 2. The molecule has 0 aromatic heterocycles. The van der Waals surface area contributed by atoms with Gasteiger partial charge < -0.3 is 10.0 Å². The van der Waals surface area contributed by atoms with Crippen molar-refractivity contribution in [2.24, 2.45) is 5.41 Å². The summed E-state index contributed by atoms with van der Waals surface area (Å²) in [4.78, 5) is 0. The van der Waals surface area contributed by atoms with Gasteiger partial charge in [0.25, 0.3) is 0 Å². The van der Waals surface area contributed by atoms with Crippen molar-refractivity contribution in [3.05, 3.63) is 27.7 Å². The fraction of sp³-hybridized carbons (Fsp3) is 0.455. The molecule has 1 aromatic carbocycles. The van der Waals surface area contributed by atoms with Gasteiger partial charge in [0.15, 0.2) is 0 Å². The van der Waals surface area contributed by atoms with E-state index in [0.717, 1.165) is 12.0 Å². The van der Waals surface area contributed by atoms with E-state index in [9.17, 15) is 0 Å². The van der Waals surface area contributed by atoms with Gasteiger partial charge in [-0.25, -0.2) is 0 Å². The van der Waals surface area contributed by atoms with E-state index in [1.54, 1.807) is 12.1 Å². The lowest BCUT2D eigenvalue weighted by Gasteiger charge is -2.20. The highest BCUT2D eigenvalue weighted by Crippen LogP contribution is 2.27. The van der Waals surface area contributed by atoms with E-state index in [1.807, 2.05) is 0 Å². The largest absolute Gasteiger partial charge is 0.489 e. The zero-order valence-corrected chi connectivity index (χ0v) is 11.1. The van der Waals surface area contributed by atoms with Crippen LogP contribution in [0, 0.1) is 5.41 Å². The molecular formula is C11H15BCl2O2. The van der Waals surface area contributed by atoms with Gasteiger partial charge in [0.2, 0.25) is 0 Å². The van der Waals surface area contributed by atoms with Gasteiger partial charge in [0, 0.05) is 15.5 Å². The highest BCUT2D eigenvalue weighted by molar-refractivity contribution is 6.63. The Balaban J connectivity index is 3.15. The van der Waals surface area contributed by atoms with Crippen molar-refractivity contribution in [2.45, 2.75) is 27.2 Å². The third-order valence-corrected chi connectivity index (χ3v) is 2.84. The second-order valence-corrected chi connectivity index (χ2v) is 5.89. The Labute approximate surface area is 106 Å². The van der Waals surface area contributed by atoms with Crippen molar-refractivity contribution >= 4 is 35.8 Å². The van der Waals surface area contributed by atoms with Crippen LogP contribution in [-0.4, -0.2) is 17.2 Å². The first-order chi connectivity index (χ1) is 7.20. The molecule has 0 spiro atoms. The second-order valence-electron chi connectivity index (χ2n) is 5.08. The minimum absolute atomic E-state index is 0.0785. The topological polar surface area (TPSA) is 40.5 Å². The molecule has 0 saturated carbocycles. The molecule has 1 aromatic rings. The van der Waals surface area contributed by atoms with E-state index in [2.05, 4.69) is 20.8 Å². The van der Waals surface area contributed by atoms with Crippen LogP contribution in [0.2, 0.25) is 10.0 Å². The summed E-state index contributed by atoms with van der Waals surface area (Å²) in [5.74, 6) is 0. The molecule has 0 radical (unpaired) electrons. The molecule has 5 heteroatoms. The van der Waals surface area contributed by atoms with Crippen LogP contribution in [0.15, 0.2) is 12.1 Å². The van der Waals surface area contributed by atoms with Crippen molar-refractivity contribution in [2.75, 3.05) is 0 Å². The normalized spacial score (nSPS) is 11.7. The van der Waals surface area contributed by atoms with Crippen LogP contribution in [0.5, 0.6) is 0 Å². The average molecular weight is 261 g/mol. The lowest BCUT2D eigenvalue weighted by atomic mass is 9.78. The molecule has 0 unspecified atom stereocenters. The van der Waals surface area contributed by atoms with E-state index < -0.39 is 7.12 Å². The fourth-order valence-electron chi connectivity index (χ4n) is 1.52. The summed E-state index contributed by atoms with van der Waals surface area (Å²) in [5, 5.41) is 19.1. The standard InChI is InChI=1S/C11H15BCl2O2/c1-11(2,3)6-7-4-8(12(15)16)10(14)5-9(7)13/h4-5,15-16H,6H2,1-3H3. The van der Waals surface area contributed by atoms with Gasteiger partial charge in [-0.3, -0.25) is 0 Å². The molecule has 0 saturated heterocycles.